The topological polar surface area (TPSA) is 58.2 Å². The van der Waals surface area contributed by atoms with Gasteiger partial charge >= 0.3 is 0 Å². The zero-order valence-corrected chi connectivity index (χ0v) is 14.1. The first-order valence-electron chi connectivity index (χ1n) is 7.56. The van der Waals surface area contributed by atoms with Crippen LogP contribution < -0.4 is 10.6 Å². The first-order valence-corrected chi connectivity index (χ1v) is 7.56. The van der Waals surface area contributed by atoms with Crippen LogP contribution in [0.4, 0.5) is 0 Å². The molecule has 0 heterocycles. The van der Waals surface area contributed by atoms with E-state index in [1.807, 2.05) is 65.0 Å². The molecule has 0 aliphatic carbocycles. The maximum atomic E-state index is 12.3. The molecule has 0 aromatic heterocycles. The molecule has 120 valence electrons. The predicted octanol–water partition coefficient (Wildman–Crippen LogP) is 2.96. The Morgan fingerprint density at radius 2 is 1.73 bits per heavy atom. The molecule has 0 spiro atoms. The van der Waals surface area contributed by atoms with E-state index in [1.165, 1.54) is 0 Å². The van der Waals surface area contributed by atoms with Crippen molar-refractivity contribution in [1.29, 1.82) is 0 Å². The highest BCUT2D eigenvalue weighted by molar-refractivity contribution is 6.01. The number of hydrogen-bond donors (Lipinski definition) is 2. The highest BCUT2D eigenvalue weighted by Gasteiger charge is 2.24. The number of hydrogen-bond acceptors (Lipinski definition) is 2. The minimum atomic E-state index is -0.561. The molecule has 2 amide bonds. The van der Waals surface area contributed by atoms with Crippen molar-refractivity contribution < 1.29 is 9.59 Å². The van der Waals surface area contributed by atoms with E-state index >= 15 is 0 Å². The lowest BCUT2D eigenvalue weighted by Gasteiger charge is -2.19. The number of nitrogens with one attached hydrogen (secondary N) is 2. The fourth-order valence-corrected chi connectivity index (χ4v) is 1.58. The van der Waals surface area contributed by atoms with E-state index in [1.54, 1.807) is 6.08 Å². The fraction of sp³-hybridized carbons (Fsp3) is 0.444. The molecule has 1 rings (SSSR count). The Bertz CT molecular complexity index is 540. The van der Waals surface area contributed by atoms with E-state index in [4.69, 9.17) is 0 Å². The summed E-state index contributed by atoms with van der Waals surface area (Å²) in [7, 11) is 0. The number of benzene rings is 1. The van der Waals surface area contributed by atoms with E-state index in [9.17, 15) is 9.59 Å². The Hall–Kier alpha value is -2.10. The molecule has 0 saturated carbocycles. The van der Waals surface area contributed by atoms with Crippen LogP contribution in [0.1, 0.15) is 40.2 Å². The van der Waals surface area contributed by atoms with Crippen molar-refractivity contribution in [2.45, 2.75) is 34.6 Å². The van der Waals surface area contributed by atoms with Gasteiger partial charge in [-0.3, -0.25) is 9.59 Å². The maximum Gasteiger partial charge on any atom is 0.267 e. The highest BCUT2D eigenvalue weighted by Crippen LogP contribution is 2.14. The summed E-state index contributed by atoms with van der Waals surface area (Å²) < 4.78 is 0. The van der Waals surface area contributed by atoms with Crippen molar-refractivity contribution in [3.8, 4) is 0 Å². The van der Waals surface area contributed by atoms with Crippen LogP contribution >= 0.6 is 0 Å². The zero-order valence-electron chi connectivity index (χ0n) is 14.1. The summed E-state index contributed by atoms with van der Waals surface area (Å²) in [5.41, 5.74) is 0.576. The summed E-state index contributed by atoms with van der Waals surface area (Å²) >= 11 is 0. The van der Waals surface area contributed by atoms with E-state index in [0.717, 1.165) is 5.56 Å². The molecule has 0 aliphatic rings. The van der Waals surface area contributed by atoms with Crippen molar-refractivity contribution in [3.05, 3.63) is 41.6 Å². The molecule has 2 N–H and O–H groups in total. The smallest absolute Gasteiger partial charge is 0.267 e. The molecule has 1 aromatic rings. The van der Waals surface area contributed by atoms with Gasteiger partial charge in [-0.15, -0.1) is 0 Å². The summed E-state index contributed by atoms with van der Waals surface area (Å²) in [6.07, 6.45) is 1.69. The fourth-order valence-electron chi connectivity index (χ4n) is 1.58. The molecular weight excluding hydrogens is 276 g/mol. The van der Waals surface area contributed by atoms with E-state index < -0.39 is 5.41 Å². The van der Waals surface area contributed by atoms with Crippen LogP contribution in [0.5, 0.6) is 0 Å². The van der Waals surface area contributed by atoms with Crippen LogP contribution in [0.15, 0.2) is 36.0 Å². The first kappa shape index (κ1) is 18.0. The van der Waals surface area contributed by atoms with Crippen molar-refractivity contribution in [1.82, 2.24) is 10.6 Å². The van der Waals surface area contributed by atoms with E-state index in [2.05, 4.69) is 10.6 Å². The summed E-state index contributed by atoms with van der Waals surface area (Å²) in [4.78, 5) is 24.5. The van der Waals surface area contributed by atoms with Crippen LogP contribution in [0.25, 0.3) is 6.08 Å². The van der Waals surface area contributed by atoms with Gasteiger partial charge in [0.15, 0.2) is 0 Å². The Morgan fingerprint density at radius 3 is 2.23 bits per heavy atom. The maximum absolute atomic E-state index is 12.3. The summed E-state index contributed by atoms with van der Waals surface area (Å²) in [6, 6.07) is 9.46. The normalized spacial score (nSPS) is 12.2. The number of carbonyl (C=O) groups is 2. The molecule has 0 bridgehead atoms. The third-order valence-corrected chi connectivity index (χ3v) is 2.96. The van der Waals surface area contributed by atoms with Gasteiger partial charge in [0, 0.05) is 12.0 Å². The molecule has 0 saturated heterocycles. The average molecular weight is 302 g/mol. The molecule has 0 fully saturated rings. The second-order valence-corrected chi connectivity index (χ2v) is 6.78. The first-order chi connectivity index (χ1) is 10.2. The minimum Gasteiger partial charge on any atom is -0.351 e. The Morgan fingerprint density at radius 1 is 1.14 bits per heavy atom. The van der Waals surface area contributed by atoms with Gasteiger partial charge in [-0.25, -0.2) is 0 Å². The third kappa shape index (κ3) is 6.12. The van der Waals surface area contributed by atoms with Gasteiger partial charge in [-0.1, -0.05) is 65.0 Å². The summed E-state index contributed by atoms with van der Waals surface area (Å²) in [5, 5.41) is 5.58. The monoisotopic (exact) mass is 302 g/mol. The molecule has 1 aromatic carbocycles. The molecule has 0 unspecified atom stereocenters. The molecule has 22 heavy (non-hydrogen) atoms. The number of carbonyl (C=O) groups excluding carboxylic acids is 2. The third-order valence-electron chi connectivity index (χ3n) is 2.96. The van der Waals surface area contributed by atoms with Crippen molar-refractivity contribution in [2.24, 2.45) is 11.3 Å². The lowest BCUT2D eigenvalue weighted by molar-refractivity contribution is -0.129. The van der Waals surface area contributed by atoms with Gasteiger partial charge in [0.2, 0.25) is 5.91 Å². The zero-order chi connectivity index (χ0) is 16.8. The van der Waals surface area contributed by atoms with Gasteiger partial charge in [0.25, 0.3) is 5.91 Å². The van der Waals surface area contributed by atoms with Crippen LogP contribution in [0.3, 0.4) is 0 Å². The predicted molar refractivity (Wildman–Crippen MR) is 89.9 cm³/mol. The van der Waals surface area contributed by atoms with Crippen LogP contribution in [-0.4, -0.2) is 18.4 Å². The lowest BCUT2D eigenvalue weighted by Crippen LogP contribution is -2.40. The van der Waals surface area contributed by atoms with E-state index in [0.29, 0.717) is 12.5 Å². The Kier molecular flexibility index (Phi) is 6.35. The standard InChI is InChI=1S/C18H26N2O2/c1-13(2)12-19-16(21)15(20-17(22)18(3,4)5)11-14-9-7-6-8-10-14/h6-11,13H,12H2,1-5H3,(H,19,21)(H,20,22)/b15-11+. The highest BCUT2D eigenvalue weighted by atomic mass is 16.2. The van der Waals surface area contributed by atoms with Gasteiger partial charge < -0.3 is 10.6 Å². The largest absolute Gasteiger partial charge is 0.351 e. The number of amides is 2. The lowest BCUT2D eigenvalue weighted by atomic mass is 9.95. The minimum absolute atomic E-state index is 0.186. The van der Waals surface area contributed by atoms with Crippen molar-refractivity contribution in [2.75, 3.05) is 6.54 Å². The van der Waals surface area contributed by atoms with Gasteiger partial charge in [-0.05, 0) is 17.6 Å². The van der Waals surface area contributed by atoms with Crippen molar-refractivity contribution >= 4 is 17.9 Å². The molecule has 0 radical (unpaired) electrons. The van der Waals surface area contributed by atoms with Crippen LogP contribution in [0, 0.1) is 11.3 Å². The summed E-state index contributed by atoms with van der Waals surface area (Å²) in [6.45, 7) is 10.1. The second-order valence-electron chi connectivity index (χ2n) is 6.78. The van der Waals surface area contributed by atoms with Crippen LogP contribution in [-0.2, 0) is 9.59 Å². The average Bonchev–Trinajstić information content (AvgIpc) is 2.44. The van der Waals surface area contributed by atoms with Crippen LogP contribution in [0.2, 0.25) is 0 Å². The quantitative estimate of drug-likeness (QED) is 0.822. The SMILES string of the molecule is CC(C)CNC(=O)/C(=C\c1ccccc1)NC(=O)C(C)(C)C. The molecule has 0 aliphatic heterocycles. The second kappa shape index (κ2) is 7.78. The Labute approximate surface area is 133 Å². The number of rotatable bonds is 5. The summed E-state index contributed by atoms with van der Waals surface area (Å²) in [5.74, 6) is -0.107. The van der Waals surface area contributed by atoms with Gasteiger partial charge in [0.05, 0.1) is 0 Å². The molecule has 4 nitrogen and oxygen atoms in total. The molecule has 4 heteroatoms. The Balaban J connectivity index is 2.97. The van der Waals surface area contributed by atoms with Gasteiger partial charge in [0.1, 0.15) is 5.70 Å². The van der Waals surface area contributed by atoms with Crippen molar-refractivity contribution in [3.63, 3.8) is 0 Å². The van der Waals surface area contributed by atoms with Gasteiger partial charge in [-0.2, -0.15) is 0 Å². The molecule has 0 atom stereocenters. The van der Waals surface area contributed by atoms with E-state index in [-0.39, 0.29) is 17.5 Å². The molecular formula is C18H26N2O2.